The molecule has 1 N–H and O–H groups in total. The van der Waals surface area contributed by atoms with Crippen LogP contribution in [0.4, 0.5) is 0 Å². The standard InChI is InChI=1S/C11H15NO4S/c1-16-10-6-4-3-5-9(10)11(13)12-7-8-17(2,14)15/h3-6H,7-8H2,1-2H3,(H,12,13). The fraction of sp³-hybridized carbons (Fsp3) is 0.364. The van der Waals surface area contributed by atoms with E-state index >= 15 is 0 Å². The van der Waals surface area contributed by atoms with Gasteiger partial charge in [-0.1, -0.05) is 12.1 Å². The Hall–Kier alpha value is -1.56. The molecule has 0 aromatic heterocycles. The molecule has 0 atom stereocenters. The third-order valence-corrected chi connectivity index (χ3v) is 3.06. The number of benzene rings is 1. The van der Waals surface area contributed by atoms with Crippen molar-refractivity contribution in [3.8, 4) is 5.75 Å². The summed E-state index contributed by atoms with van der Waals surface area (Å²) in [6, 6.07) is 6.76. The summed E-state index contributed by atoms with van der Waals surface area (Å²) < 4.78 is 26.8. The van der Waals surface area contributed by atoms with Crippen LogP contribution in [0.1, 0.15) is 10.4 Å². The van der Waals surface area contributed by atoms with Crippen molar-refractivity contribution < 1.29 is 17.9 Å². The molecule has 0 spiro atoms. The minimum Gasteiger partial charge on any atom is -0.496 e. The number of nitrogens with one attached hydrogen (secondary N) is 1. The molecule has 0 fully saturated rings. The van der Waals surface area contributed by atoms with Gasteiger partial charge in [-0.15, -0.1) is 0 Å². The van der Waals surface area contributed by atoms with Gasteiger partial charge in [0.05, 0.1) is 18.4 Å². The first-order chi connectivity index (χ1) is 7.94. The Kier molecular flexibility index (Phi) is 4.51. The van der Waals surface area contributed by atoms with Gasteiger partial charge in [0, 0.05) is 12.8 Å². The van der Waals surface area contributed by atoms with Crippen molar-refractivity contribution in [3.05, 3.63) is 29.8 Å². The number of ether oxygens (including phenoxy) is 1. The molecular weight excluding hydrogens is 242 g/mol. The molecule has 0 unspecified atom stereocenters. The summed E-state index contributed by atoms with van der Waals surface area (Å²) in [5, 5.41) is 2.53. The molecule has 0 radical (unpaired) electrons. The second-order valence-electron chi connectivity index (χ2n) is 3.59. The van der Waals surface area contributed by atoms with Crippen LogP contribution in [0, 0.1) is 0 Å². The SMILES string of the molecule is COc1ccccc1C(=O)NCCS(C)(=O)=O. The summed E-state index contributed by atoms with van der Waals surface area (Å²) in [5.41, 5.74) is 0.392. The summed E-state index contributed by atoms with van der Waals surface area (Å²) in [5.74, 6) is 0.0453. The van der Waals surface area contributed by atoms with Gasteiger partial charge in [-0.05, 0) is 12.1 Å². The largest absolute Gasteiger partial charge is 0.496 e. The quantitative estimate of drug-likeness (QED) is 0.832. The summed E-state index contributed by atoms with van der Waals surface area (Å²) in [7, 11) is -1.59. The smallest absolute Gasteiger partial charge is 0.255 e. The Balaban J connectivity index is 2.64. The molecule has 1 amide bonds. The zero-order chi connectivity index (χ0) is 12.9. The Morgan fingerprint density at radius 3 is 2.59 bits per heavy atom. The number of hydrogen-bond donors (Lipinski definition) is 1. The molecule has 0 aliphatic heterocycles. The van der Waals surface area contributed by atoms with Crippen LogP contribution in [0.3, 0.4) is 0 Å². The van der Waals surface area contributed by atoms with Crippen LogP contribution >= 0.6 is 0 Å². The molecular formula is C11H15NO4S. The van der Waals surface area contributed by atoms with Crippen molar-refractivity contribution in [2.45, 2.75) is 0 Å². The molecule has 0 heterocycles. The van der Waals surface area contributed by atoms with Gasteiger partial charge in [0.15, 0.2) is 0 Å². The maximum absolute atomic E-state index is 11.7. The van der Waals surface area contributed by atoms with Crippen molar-refractivity contribution in [3.63, 3.8) is 0 Å². The lowest BCUT2D eigenvalue weighted by atomic mass is 10.2. The van der Waals surface area contributed by atoms with Gasteiger partial charge in [-0.2, -0.15) is 0 Å². The fourth-order valence-electron chi connectivity index (χ4n) is 1.28. The van der Waals surface area contributed by atoms with Gasteiger partial charge < -0.3 is 10.1 Å². The van der Waals surface area contributed by atoms with Crippen molar-refractivity contribution in [2.24, 2.45) is 0 Å². The highest BCUT2D eigenvalue weighted by Crippen LogP contribution is 2.16. The van der Waals surface area contributed by atoms with E-state index in [2.05, 4.69) is 5.32 Å². The lowest BCUT2D eigenvalue weighted by molar-refractivity contribution is 0.0953. The highest BCUT2D eigenvalue weighted by atomic mass is 32.2. The highest BCUT2D eigenvalue weighted by Gasteiger charge is 2.11. The molecule has 1 aromatic rings. The van der Waals surface area contributed by atoms with E-state index in [0.29, 0.717) is 11.3 Å². The molecule has 5 nitrogen and oxygen atoms in total. The average molecular weight is 257 g/mol. The normalized spacial score (nSPS) is 10.9. The van der Waals surface area contributed by atoms with Crippen LogP contribution in [0.5, 0.6) is 5.75 Å². The predicted molar refractivity (Wildman–Crippen MR) is 65.0 cm³/mol. The molecule has 0 aliphatic carbocycles. The van der Waals surface area contributed by atoms with Crippen LogP contribution in [0.2, 0.25) is 0 Å². The molecule has 17 heavy (non-hydrogen) atoms. The second kappa shape index (κ2) is 5.67. The summed E-state index contributed by atoms with van der Waals surface area (Å²) in [6.07, 6.45) is 1.13. The van der Waals surface area contributed by atoms with Crippen molar-refractivity contribution >= 4 is 15.7 Å². The first-order valence-electron chi connectivity index (χ1n) is 5.03. The topological polar surface area (TPSA) is 72.5 Å². The minimum atomic E-state index is -3.06. The van der Waals surface area contributed by atoms with E-state index in [4.69, 9.17) is 4.74 Å². The maximum Gasteiger partial charge on any atom is 0.255 e. The zero-order valence-corrected chi connectivity index (χ0v) is 10.6. The van der Waals surface area contributed by atoms with Crippen LogP contribution in [-0.2, 0) is 9.84 Å². The molecule has 1 rings (SSSR count). The van der Waals surface area contributed by atoms with Crippen molar-refractivity contribution in [2.75, 3.05) is 25.7 Å². The number of para-hydroxylation sites is 1. The van der Waals surface area contributed by atoms with Gasteiger partial charge in [-0.3, -0.25) is 4.79 Å². The van der Waals surface area contributed by atoms with Crippen LogP contribution in [-0.4, -0.2) is 40.0 Å². The lowest BCUT2D eigenvalue weighted by Gasteiger charge is -2.08. The second-order valence-corrected chi connectivity index (χ2v) is 5.85. The van der Waals surface area contributed by atoms with Gasteiger partial charge in [0.25, 0.3) is 5.91 Å². The van der Waals surface area contributed by atoms with E-state index in [1.165, 1.54) is 7.11 Å². The van der Waals surface area contributed by atoms with Crippen molar-refractivity contribution in [1.29, 1.82) is 0 Å². The van der Waals surface area contributed by atoms with E-state index in [-0.39, 0.29) is 18.2 Å². The Labute approximate surface area is 101 Å². The molecule has 0 bridgehead atoms. The van der Waals surface area contributed by atoms with Crippen LogP contribution < -0.4 is 10.1 Å². The Morgan fingerprint density at radius 1 is 1.35 bits per heavy atom. The third-order valence-electron chi connectivity index (χ3n) is 2.11. The number of rotatable bonds is 5. The lowest BCUT2D eigenvalue weighted by Crippen LogP contribution is -2.29. The Morgan fingerprint density at radius 2 is 2.00 bits per heavy atom. The fourth-order valence-corrected chi connectivity index (χ4v) is 1.75. The van der Waals surface area contributed by atoms with E-state index in [1.807, 2.05) is 0 Å². The Bertz CT molecular complexity index is 496. The maximum atomic E-state index is 11.7. The van der Waals surface area contributed by atoms with Gasteiger partial charge in [0.2, 0.25) is 0 Å². The number of hydrogen-bond acceptors (Lipinski definition) is 4. The van der Waals surface area contributed by atoms with Gasteiger partial charge in [-0.25, -0.2) is 8.42 Å². The van der Waals surface area contributed by atoms with Gasteiger partial charge >= 0.3 is 0 Å². The van der Waals surface area contributed by atoms with Crippen LogP contribution in [0.15, 0.2) is 24.3 Å². The minimum absolute atomic E-state index is 0.0755. The predicted octanol–water partition coefficient (Wildman–Crippen LogP) is 0.470. The van der Waals surface area contributed by atoms with E-state index in [9.17, 15) is 13.2 Å². The number of carbonyl (C=O) groups excluding carboxylic acids is 1. The monoisotopic (exact) mass is 257 g/mol. The molecule has 0 saturated heterocycles. The molecule has 0 aliphatic rings. The van der Waals surface area contributed by atoms with E-state index in [0.717, 1.165) is 6.26 Å². The van der Waals surface area contributed by atoms with Crippen molar-refractivity contribution in [1.82, 2.24) is 5.32 Å². The van der Waals surface area contributed by atoms with Crippen LogP contribution in [0.25, 0.3) is 0 Å². The molecule has 94 valence electrons. The molecule has 6 heteroatoms. The third kappa shape index (κ3) is 4.44. The van der Waals surface area contributed by atoms with E-state index < -0.39 is 9.84 Å². The summed E-state index contributed by atoms with van der Waals surface area (Å²) in [4.78, 5) is 11.7. The summed E-state index contributed by atoms with van der Waals surface area (Å²) >= 11 is 0. The zero-order valence-electron chi connectivity index (χ0n) is 9.76. The number of amides is 1. The average Bonchev–Trinajstić information content (AvgIpc) is 2.27. The van der Waals surface area contributed by atoms with E-state index in [1.54, 1.807) is 24.3 Å². The molecule has 0 saturated carbocycles. The highest BCUT2D eigenvalue weighted by molar-refractivity contribution is 7.90. The first kappa shape index (κ1) is 13.5. The number of carbonyl (C=O) groups is 1. The number of methoxy groups -OCH3 is 1. The summed E-state index contributed by atoms with van der Waals surface area (Å²) in [6.45, 7) is 0.0930. The first-order valence-corrected chi connectivity index (χ1v) is 7.09. The number of sulfone groups is 1. The molecule has 1 aromatic carbocycles. The van der Waals surface area contributed by atoms with Gasteiger partial charge in [0.1, 0.15) is 15.6 Å².